The van der Waals surface area contributed by atoms with Crippen molar-refractivity contribution in [2.45, 2.75) is 25.6 Å². The molecule has 0 saturated carbocycles. The van der Waals surface area contributed by atoms with Gasteiger partial charge >= 0.3 is 0 Å². The molecule has 2 aromatic carbocycles. The fraction of sp³-hybridized carbons (Fsp3) is 0.333. The summed E-state index contributed by atoms with van der Waals surface area (Å²) in [6.07, 6.45) is 0.370. The van der Waals surface area contributed by atoms with E-state index in [4.69, 9.17) is 9.47 Å². The van der Waals surface area contributed by atoms with Crippen molar-refractivity contribution < 1.29 is 14.6 Å². The van der Waals surface area contributed by atoms with Crippen molar-refractivity contribution >= 4 is 0 Å². The largest absolute Gasteiger partial charge is 0.490 e. The molecular formula is C18H20O3. The normalized spacial score (nSPS) is 18.9. The van der Waals surface area contributed by atoms with E-state index in [0.717, 1.165) is 24.3 Å². The second kappa shape index (κ2) is 6.29. The Labute approximate surface area is 125 Å². The molecule has 2 aromatic rings. The molecule has 21 heavy (non-hydrogen) atoms. The first-order valence-electron chi connectivity index (χ1n) is 7.35. The Morgan fingerprint density at radius 2 is 1.95 bits per heavy atom. The predicted molar refractivity (Wildman–Crippen MR) is 81.4 cm³/mol. The molecule has 0 aromatic heterocycles. The number of hydrogen-bond acceptors (Lipinski definition) is 3. The van der Waals surface area contributed by atoms with Crippen LogP contribution in [0.1, 0.15) is 35.8 Å². The molecule has 0 fully saturated rings. The molecule has 0 amide bonds. The third-order valence-corrected chi connectivity index (χ3v) is 3.85. The van der Waals surface area contributed by atoms with E-state index in [0.29, 0.717) is 6.61 Å². The summed E-state index contributed by atoms with van der Waals surface area (Å²) < 4.78 is 11.7. The summed E-state index contributed by atoms with van der Waals surface area (Å²) in [5.74, 6) is 0.721. The number of benzene rings is 2. The van der Waals surface area contributed by atoms with Gasteiger partial charge in [0.05, 0.1) is 12.7 Å². The van der Waals surface area contributed by atoms with Crippen LogP contribution in [-0.4, -0.2) is 18.3 Å². The van der Waals surface area contributed by atoms with E-state index in [2.05, 4.69) is 18.2 Å². The molecule has 1 N–H and O–H groups in total. The quantitative estimate of drug-likeness (QED) is 0.934. The van der Waals surface area contributed by atoms with Crippen molar-refractivity contribution in [3.63, 3.8) is 0 Å². The first kappa shape index (κ1) is 14.1. The lowest BCUT2D eigenvalue weighted by atomic mass is 9.98. The Hall–Kier alpha value is -1.84. The Balaban J connectivity index is 1.75. The number of fused-ring (bicyclic) bond motifs is 1. The van der Waals surface area contributed by atoms with Crippen LogP contribution in [0.15, 0.2) is 48.5 Å². The number of para-hydroxylation sites is 1. The van der Waals surface area contributed by atoms with Gasteiger partial charge < -0.3 is 14.6 Å². The maximum absolute atomic E-state index is 9.79. The summed E-state index contributed by atoms with van der Waals surface area (Å²) in [4.78, 5) is 0. The lowest BCUT2D eigenvalue weighted by Crippen LogP contribution is -2.22. The molecular weight excluding hydrogens is 264 g/mol. The molecule has 0 spiro atoms. The zero-order valence-corrected chi connectivity index (χ0v) is 12.2. The zero-order valence-electron chi connectivity index (χ0n) is 12.2. The highest BCUT2D eigenvalue weighted by Gasteiger charge is 2.21. The van der Waals surface area contributed by atoms with E-state index in [1.807, 2.05) is 30.3 Å². The Bertz CT molecular complexity index is 607. The van der Waals surface area contributed by atoms with Crippen molar-refractivity contribution in [2.75, 3.05) is 13.2 Å². The molecule has 1 heterocycles. The summed E-state index contributed by atoms with van der Waals surface area (Å²) in [5, 5.41) is 9.79. The lowest BCUT2D eigenvalue weighted by molar-refractivity contribution is 0.00946. The van der Waals surface area contributed by atoms with Crippen molar-refractivity contribution in [3.8, 4) is 5.75 Å². The second-order valence-corrected chi connectivity index (χ2v) is 5.33. The van der Waals surface area contributed by atoms with Crippen LogP contribution in [0.3, 0.4) is 0 Å². The van der Waals surface area contributed by atoms with Gasteiger partial charge in [-0.05, 0) is 30.5 Å². The van der Waals surface area contributed by atoms with Crippen LogP contribution in [0, 0.1) is 0 Å². The van der Waals surface area contributed by atoms with Gasteiger partial charge in [0.15, 0.2) is 0 Å². The van der Waals surface area contributed by atoms with Gasteiger partial charge in [-0.15, -0.1) is 0 Å². The summed E-state index contributed by atoms with van der Waals surface area (Å²) in [7, 11) is 0. The van der Waals surface area contributed by atoms with Gasteiger partial charge in [0.1, 0.15) is 18.5 Å². The van der Waals surface area contributed by atoms with Gasteiger partial charge in [-0.3, -0.25) is 0 Å². The fourth-order valence-corrected chi connectivity index (χ4v) is 2.74. The van der Waals surface area contributed by atoms with Crippen molar-refractivity contribution in [1.82, 2.24) is 0 Å². The van der Waals surface area contributed by atoms with E-state index in [9.17, 15) is 5.11 Å². The van der Waals surface area contributed by atoms with Gasteiger partial charge in [0, 0.05) is 5.56 Å². The topological polar surface area (TPSA) is 38.7 Å². The SMILES string of the molecule is CC(O)c1ccccc1OCC1OCCc2ccccc21. The van der Waals surface area contributed by atoms with Crippen LogP contribution in [0.2, 0.25) is 0 Å². The Morgan fingerprint density at radius 3 is 2.81 bits per heavy atom. The Morgan fingerprint density at radius 1 is 1.19 bits per heavy atom. The molecule has 110 valence electrons. The molecule has 1 aliphatic rings. The van der Waals surface area contributed by atoms with E-state index in [-0.39, 0.29) is 6.10 Å². The minimum atomic E-state index is -0.541. The second-order valence-electron chi connectivity index (χ2n) is 5.33. The van der Waals surface area contributed by atoms with Gasteiger partial charge in [0.25, 0.3) is 0 Å². The van der Waals surface area contributed by atoms with Gasteiger partial charge in [-0.25, -0.2) is 0 Å². The number of hydrogen-bond donors (Lipinski definition) is 1. The van der Waals surface area contributed by atoms with E-state index < -0.39 is 6.10 Å². The van der Waals surface area contributed by atoms with Crippen LogP contribution >= 0.6 is 0 Å². The first-order valence-corrected chi connectivity index (χ1v) is 7.35. The monoisotopic (exact) mass is 284 g/mol. The lowest BCUT2D eigenvalue weighted by Gasteiger charge is -2.26. The molecule has 0 aliphatic carbocycles. The highest BCUT2D eigenvalue weighted by molar-refractivity contribution is 5.35. The molecule has 0 saturated heterocycles. The maximum Gasteiger partial charge on any atom is 0.125 e. The van der Waals surface area contributed by atoms with Gasteiger partial charge in [-0.2, -0.15) is 0 Å². The smallest absolute Gasteiger partial charge is 0.125 e. The van der Waals surface area contributed by atoms with E-state index >= 15 is 0 Å². The van der Waals surface area contributed by atoms with Crippen LogP contribution in [0.5, 0.6) is 5.75 Å². The van der Waals surface area contributed by atoms with E-state index in [1.54, 1.807) is 6.92 Å². The first-order chi connectivity index (χ1) is 10.3. The van der Waals surface area contributed by atoms with Crippen LogP contribution in [0.25, 0.3) is 0 Å². The summed E-state index contributed by atoms with van der Waals surface area (Å²) in [6.45, 7) is 2.93. The average Bonchev–Trinajstić information content (AvgIpc) is 2.53. The van der Waals surface area contributed by atoms with Crippen molar-refractivity contribution in [2.24, 2.45) is 0 Å². The number of aliphatic hydroxyl groups excluding tert-OH is 1. The predicted octanol–water partition coefficient (Wildman–Crippen LogP) is 3.43. The molecule has 0 radical (unpaired) electrons. The Kier molecular flexibility index (Phi) is 4.23. The highest BCUT2D eigenvalue weighted by atomic mass is 16.5. The minimum absolute atomic E-state index is 0.0444. The molecule has 2 atom stereocenters. The molecule has 3 rings (SSSR count). The van der Waals surface area contributed by atoms with E-state index in [1.165, 1.54) is 11.1 Å². The number of ether oxygens (including phenoxy) is 2. The molecule has 3 heteroatoms. The van der Waals surface area contributed by atoms with Gasteiger partial charge in [0.2, 0.25) is 0 Å². The summed E-state index contributed by atoms with van der Waals surface area (Å²) >= 11 is 0. The molecule has 0 bridgehead atoms. The fourth-order valence-electron chi connectivity index (χ4n) is 2.74. The van der Waals surface area contributed by atoms with Gasteiger partial charge in [-0.1, -0.05) is 42.5 Å². The standard InChI is InChI=1S/C18H20O3/c1-13(19)15-7-4-5-9-17(15)21-12-18-16-8-3-2-6-14(16)10-11-20-18/h2-9,13,18-19H,10-12H2,1H3. The maximum atomic E-state index is 9.79. The van der Waals surface area contributed by atoms with Crippen LogP contribution in [-0.2, 0) is 11.2 Å². The number of rotatable bonds is 4. The third kappa shape index (κ3) is 3.09. The molecule has 3 nitrogen and oxygen atoms in total. The van der Waals surface area contributed by atoms with Crippen LogP contribution in [0.4, 0.5) is 0 Å². The average molecular weight is 284 g/mol. The molecule has 1 aliphatic heterocycles. The van der Waals surface area contributed by atoms with Crippen LogP contribution < -0.4 is 4.74 Å². The van der Waals surface area contributed by atoms with Crippen molar-refractivity contribution in [1.29, 1.82) is 0 Å². The number of aliphatic hydroxyl groups is 1. The molecule has 2 unspecified atom stereocenters. The summed E-state index contributed by atoms with van der Waals surface area (Å²) in [5.41, 5.74) is 3.35. The summed E-state index contributed by atoms with van der Waals surface area (Å²) in [6, 6.07) is 15.9. The third-order valence-electron chi connectivity index (χ3n) is 3.85. The van der Waals surface area contributed by atoms with Crippen molar-refractivity contribution in [3.05, 3.63) is 65.2 Å². The highest BCUT2D eigenvalue weighted by Crippen LogP contribution is 2.30. The zero-order chi connectivity index (χ0) is 14.7. The minimum Gasteiger partial charge on any atom is -0.490 e.